The van der Waals surface area contributed by atoms with Gasteiger partial charge in [-0.05, 0) is 25.0 Å². The standard InChI is InChI=1S/C27H33BrClN3O5/c1-5-12-30(4)24(34)20-21-25(35)32(16(7-3)15-33)23(27(21)14-17(28)22(20)37-27)26(36)31(13-6-2)19-11-9-8-10-18(19)29/h5-6,8-11,16-17,20-23,33H,1-2,7,12-15H2,3-4H3/t16-,17?,20-,21-,22-,23?,27?/m0/s1. The molecule has 3 aliphatic heterocycles. The van der Waals surface area contributed by atoms with Crippen LogP contribution in [-0.2, 0) is 19.1 Å². The Morgan fingerprint density at radius 2 is 1.97 bits per heavy atom. The summed E-state index contributed by atoms with van der Waals surface area (Å²) in [5.74, 6) is -2.57. The number of alkyl halides is 1. The summed E-state index contributed by atoms with van der Waals surface area (Å²) < 4.78 is 6.56. The number of aliphatic hydroxyl groups is 1. The van der Waals surface area contributed by atoms with Crippen LogP contribution in [-0.4, -0.2) is 88.0 Å². The SMILES string of the molecule is C=CCN(C)C(=O)[C@H]1[C@H]2C(=O)N([C@@H](CC)CO)C(C(=O)N(CC=C)c3ccccc3Cl)C23CC(Br)[C@@H]1O3. The van der Waals surface area contributed by atoms with E-state index < -0.39 is 35.6 Å². The number of nitrogens with zero attached hydrogens (tertiary/aromatic N) is 3. The molecule has 0 aromatic heterocycles. The van der Waals surface area contributed by atoms with Gasteiger partial charge in [0.2, 0.25) is 11.8 Å². The number of hydrogen-bond donors (Lipinski definition) is 1. The van der Waals surface area contributed by atoms with Gasteiger partial charge in [0.15, 0.2) is 0 Å². The van der Waals surface area contributed by atoms with Crippen molar-refractivity contribution in [3.8, 4) is 0 Å². The topological polar surface area (TPSA) is 90.4 Å². The lowest BCUT2D eigenvalue weighted by atomic mass is 9.70. The van der Waals surface area contributed by atoms with Crippen molar-refractivity contribution in [3.05, 3.63) is 54.6 Å². The van der Waals surface area contributed by atoms with E-state index in [1.165, 1.54) is 14.7 Å². The van der Waals surface area contributed by atoms with Gasteiger partial charge in [-0.25, -0.2) is 0 Å². The first-order chi connectivity index (χ1) is 17.7. The van der Waals surface area contributed by atoms with Crippen molar-refractivity contribution in [3.63, 3.8) is 0 Å². The van der Waals surface area contributed by atoms with Crippen molar-refractivity contribution in [2.45, 2.75) is 48.4 Å². The summed E-state index contributed by atoms with van der Waals surface area (Å²) in [5.41, 5.74) is -0.745. The zero-order chi connectivity index (χ0) is 27.1. The molecule has 0 radical (unpaired) electrons. The molecule has 3 heterocycles. The van der Waals surface area contributed by atoms with E-state index in [2.05, 4.69) is 29.1 Å². The van der Waals surface area contributed by atoms with Crippen LogP contribution in [0.15, 0.2) is 49.6 Å². The van der Waals surface area contributed by atoms with Crippen LogP contribution < -0.4 is 4.90 Å². The number of fused-ring (bicyclic) bond motifs is 1. The van der Waals surface area contributed by atoms with Gasteiger partial charge in [-0.2, -0.15) is 0 Å². The van der Waals surface area contributed by atoms with Gasteiger partial charge in [-0.3, -0.25) is 14.4 Å². The molecule has 3 saturated heterocycles. The predicted molar refractivity (Wildman–Crippen MR) is 146 cm³/mol. The first kappa shape index (κ1) is 27.8. The second kappa shape index (κ2) is 10.9. The maximum Gasteiger partial charge on any atom is 0.253 e. The Morgan fingerprint density at radius 3 is 2.57 bits per heavy atom. The monoisotopic (exact) mass is 593 g/mol. The van der Waals surface area contributed by atoms with Gasteiger partial charge in [0, 0.05) is 25.0 Å². The van der Waals surface area contributed by atoms with Crippen molar-refractivity contribution >= 4 is 50.9 Å². The van der Waals surface area contributed by atoms with Crippen molar-refractivity contribution in [1.82, 2.24) is 9.80 Å². The summed E-state index contributed by atoms with van der Waals surface area (Å²) in [6.45, 7) is 9.53. The Hall–Kier alpha value is -2.20. The summed E-state index contributed by atoms with van der Waals surface area (Å²) >= 11 is 10.2. The molecule has 3 amide bonds. The van der Waals surface area contributed by atoms with Gasteiger partial charge in [0.05, 0.1) is 41.3 Å². The lowest BCUT2D eigenvalue weighted by Crippen LogP contribution is -2.59. The molecule has 37 heavy (non-hydrogen) atoms. The molecule has 200 valence electrons. The number of para-hydroxylation sites is 1. The molecule has 1 aromatic carbocycles. The van der Waals surface area contributed by atoms with Gasteiger partial charge >= 0.3 is 0 Å². The minimum Gasteiger partial charge on any atom is -0.394 e. The van der Waals surface area contributed by atoms with E-state index in [1.807, 2.05) is 6.92 Å². The zero-order valence-electron chi connectivity index (χ0n) is 21.1. The number of halogens is 2. The number of rotatable bonds is 10. The van der Waals surface area contributed by atoms with Crippen LogP contribution in [0.25, 0.3) is 0 Å². The van der Waals surface area contributed by atoms with Crippen LogP contribution in [0, 0.1) is 11.8 Å². The fraction of sp³-hybridized carbons (Fsp3) is 0.519. The highest BCUT2D eigenvalue weighted by Gasteiger charge is 2.77. The molecule has 8 nitrogen and oxygen atoms in total. The molecular formula is C27H33BrClN3O5. The first-order valence-corrected chi connectivity index (χ1v) is 13.7. The Labute approximate surface area is 231 Å². The van der Waals surface area contributed by atoms with Crippen molar-refractivity contribution in [2.75, 3.05) is 31.6 Å². The largest absolute Gasteiger partial charge is 0.394 e. The van der Waals surface area contributed by atoms with E-state index in [-0.39, 0.29) is 35.7 Å². The second-order valence-electron chi connectivity index (χ2n) is 9.85. The number of likely N-dealkylation sites (N-methyl/N-ethyl adjacent to an activating group) is 1. The number of hydrogen-bond acceptors (Lipinski definition) is 5. The molecular weight excluding hydrogens is 562 g/mol. The molecule has 10 heteroatoms. The van der Waals surface area contributed by atoms with Crippen LogP contribution in [0.1, 0.15) is 19.8 Å². The fourth-order valence-electron chi connectivity index (χ4n) is 6.23. The summed E-state index contributed by atoms with van der Waals surface area (Å²) in [6, 6.07) is 5.32. The minimum absolute atomic E-state index is 0.156. The number of amides is 3. The molecule has 1 aromatic rings. The molecule has 3 aliphatic rings. The third-order valence-corrected chi connectivity index (χ3v) is 8.99. The smallest absolute Gasteiger partial charge is 0.253 e. The van der Waals surface area contributed by atoms with Crippen molar-refractivity contribution in [2.24, 2.45) is 11.8 Å². The molecule has 0 aliphatic carbocycles. The third-order valence-electron chi connectivity index (χ3n) is 7.82. The van der Waals surface area contributed by atoms with Crippen LogP contribution in [0.5, 0.6) is 0 Å². The van der Waals surface area contributed by atoms with Crippen LogP contribution in [0.2, 0.25) is 5.02 Å². The predicted octanol–water partition coefficient (Wildman–Crippen LogP) is 3.02. The minimum atomic E-state index is -1.23. The van der Waals surface area contributed by atoms with Crippen molar-refractivity contribution < 1.29 is 24.2 Å². The number of benzene rings is 1. The molecule has 1 spiro atoms. The quantitative estimate of drug-likeness (QED) is 0.332. The summed E-state index contributed by atoms with van der Waals surface area (Å²) in [6.07, 6.45) is 3.46. The lowest BCUT2D eigenvalue weighted by Gasteiger charge is -2.39. The lowest BCUT2D eigenvalue weighted by molar-refractivity contribution is -0.146. The van der Waals surface area contributed by atoms with E-state index in [9.17, 15) is 19.5 Å². The van der Waals surface area contributed by atoms with Gasteiger partial charge < -0.3 is 24.5 Å². The average Bonchev–Trinajstić information content (AvgIpc) is 3.47. The van der Waals surface area contributed by atoms with Crippen LogP contribution in [0.4, 0.5) is 5.69 Å². The molecule has 2 bridgehead atoms. The fourth-order valence-corrected chi connectivity index (χ4v) is 7.41. The Morgan fingerprint density at radius 1 is 1.30 bits per heavy atom. The highest BCUT2D eigenvalue weighted by Crippen LogP contribution is 2.61. The third kappa shape index (κ3) is 4.33. The van der Waals surface area contributed by atoms with E-state index in [1.54, 1.807) is 43.5 Å². The molecule has 3 fully saturated rings. The summed E-state index contributed by atoms with van der Waals surface area (Å²) in [7, 11) is 1.66. The first-order valence-electron chi connectivity index (χ1n) is 12.5. The second-order valence-corrected chi connectivity index (χ2v) is 11.4. The van der Waals surface area contributed by atoms with Gasteiger partial charge in [-0.1, -0.05) is 58.7 Å². The van der Waals surface area contributed by atoms with Crippen molar-refractivity contribution in [1.29, 1.82) is 0 Å². The maximum absolute atomic E-state index is 14.5. The molecule has 0 saturated carbocycles. The molecule has 3 unspecified atom stereocenters. The number of carbonyl (C=O) groups is 3. The number of anilines is 1. The van der Waals surface area contributed by atoms with Gasteiger partial charge in [-0.15, -0.1) is 13.2 Å². The summed E-state index contributed by atoms with van der Waals surface area (Å²) in [5, 5.41) is 10.6. The molecule has 4 rings (SSSR count). The van der Waals surface area contributed by atoms with Gasteiger partial charge in [0.1, 0.15) is 11.6 Å². The highest BCUT2D eigenvalue weighted by molar-refractivity contribution is 9.09. The Kier molecular flexibility index (Phi) is 8.19. The molecule has 7 atom stereocenters. The number of likely N-dealkylation sites (tertiary alicyclic amines) is 1. The van der Waals surface area contributed by atoms with E-state index >= 15 is 0 Å². The number of carbonyl (C=O) groups excluding carboxylic acids is 3. The van der Waals surface area contributed by atoms with E-state index in [0.717, 1.165) is 0 Å². The number of aliphatic hydroxyl groups excluding tert-OH is 1. The van der Waals surface area contributed by atoms with E-state index in [4.69, 9.17) is 16.3 Å². The Bertz CT molecular complexity index is 1100. The van der Waals surface area contributed by atoms with Crippen LogP contribution >= 0.6 is 27.5 Å². The average molecular weight is 595 g/mol. The highest BCUT2D eigenvalue weighted by atomic mass is 79.9. The van der Waals surface area contributed by atoms with E-state index in [0.29, 0.717) is 30.1 Å². The normalized spacial score (nSPS) is 30.7. The zero-order valence-corrected chi connectivity index (χ0v) is 23.4. The maximum atomic E-state index is 14.5. The Balaban J connectivity index is 1.85. The van der Waals surface area contributed by atoms with Gasteiger partial charge in [0.25, 0.3) is 5.91 Å². The number of ether oxygens (including phenoxy) is 1. The summed E-state index contributed by atoms with van der Waals surface area (Å²) in [4.78, 5) is 46.5. The van der Waals surface area contributed by atoms with Crippen LogP contribution in [0.3, 0.4) is 0 Å². The molecule has 1 N–H and O–H groups in total.